The molecule has 0 aliphatic rings. The number of pyridine rings is 1. The first-order chi connectivity index (χ1) is 11.1. The average Bonchev–Trinajstić information content (AvgIpc) is 2.60. The summed E-state index contributed by atoms with van der Waals surface area (Å²) in [7, 11) is 0. The maximum atomic E-state index is 12.2. The molecule has 0 aliphatic heterocycles. The number of nitrogens with zero attached hydrogens (tertiary/aromatic N) is 1. The van der Waals surface area contributed by atoms with Gasteiger partial charge in [-0.2, -0.15) is 0 Å². The van der Waals surface area contributed by atoms with Crippen LogP contribution in [0, 0.1) is 0 Å². The van der Waals surface area contributed by atoms with Crippen LogP contribution < -0.4 is 5.32 Å². The Labute approximate surface area is 139 Å². The van der Waals surface area contributed by atoms with Gasteiger partial charge in [-0.15, -0.1) is 11.8 Å². The minimum atomic E-state index is -0.874. The van der Waals surface area contributed by atoms with E-state index in [0.717, 1.165) is 5.56 Å². The molecule has 1 atom stereocenters. The van der Waals surface area contributed by atoms with Crippen molar-refractivity contribution in [2.75, 3.05) is 6.26 Å². The van der Waals surface area contributed by atoms with Gasteiger partial charge in [-0.25, -0.2) is 9.78 Å². The molecular formula is C17H18N2O3S. The van der Waals surface area contributed by atoms with E-state index in [0.29, 0.717) is 17.1 Å². The molecule has 0 saturated carbocycles. The van der Waals surface area contributed by atoms with Crippen molar-refractivity contribution >= 4 is 23.6 Å². The van der Waals surface area contributed by atoms with Crippen molar-refractivity contribution in [3.05, 3.63) is 59.8 Å². The second-order valence-electron chi connectivity index (χ2n) is 4.81. The van der Waals surface area contributed by atoms with E-state index in [1.807, 2.05) is 36.6 Å². The Morgan fingerprint density at radius 1 is 1.22 bits per heavy atom. The van der Waals surface area contributed by atoms with Crippen molar-refractivity contribution in [2.24, 2.45) is 0 Å². The Balaban J connectivity index is 1.91. The van der Waals surface area contributed by atoms with Gasteiger partial charge < -0.3 is 10.1 Å². The molecule has 0 spiro atoms. The molecule has 0 unspecified atom stereocenters. The summed E-state index contributed by atoms with van der Waals surface area (Å²) in [4.78, 5) is 28.3. The van der Waals surface area contributed by atoms with Crippen LogP contribution in [0.15, 0.2) is 53.7 Å². The molecule has 1 aromatic carbocycles. The number of aromatic nitrogens is 1. The van der Waals surface area contributed by atoms with E-state index in [9.17, 15) is 9.59 Å². The minimum absolute atomic E-state index is 0.336. The van der Waals surface area contributed by atoms with E-state index in [1.54, 1.807) is 25.3 Å². The van der Waals surface area contributed by atoms with Gasteiger partial charge in [0.2, 0.25) is 0 Å². The second kappa shape index (κ2) is 8.33. The first-order valence-electron chi connectivity index (χ1n) is 7.13. The van der Waals surface area contributed by atoms with Crippen LogP contribution in [-0.2, 0) is 16.1 Å². The highest BCUT2D eigenvalue weighted by molar-refractivity contribution is 7.98. The maximum absolute atomic E-state index is 12.2. The fraction of sp³-hybridized carbons (Fsp3) is 0.235. The zero-order valence-electron chi connectivity index (χ0n) is 13.0. The van der Waals surface area contributed by atoms with Crippen LogP contribution in [0.5, 0.6) is 0 Å². The van der Waals surface area contributed by atoms with Crippen molar-refractivity contribution in [3.63, 3.8) is 0 Å². The molecule has 1 heterocycles. The highest BCUT2D eigenvalue weighted by atomic mass is 32.2. The zero-order valence-corrected chi connectivity index (χ0v) is 13.8. The molecule has 2 aromatic rings. The van der Waals surface area contributed by atoms with Gasteiger partial charge in [0.15, 0.2) is 6.10 Å². The average molecular weight is 330 g/mol. The topological polar surface area (TPSA) is 68.3 Å². The van der Waals surface area contributed by atoms with Crippen LogP contribution in [0.25, 0.3) is 0 Å². The highest BCUT2D eigenvalue weighted by Gasteiger charge is 2.20. The summed E-state index contributed by atoms with van der Waals surface area (Å²) in [6, 6.07) is 12.8. The highest BCUT2D eigenvalue weighted by Crippen LogP contribution is 2.18. The van der Waals surface area contributed by atoms with Crippen molar-refractivity contribution in [1.82, 2.24) is 10.3 Å². The molecule has 23 heavy (non-hydrogen) atoms. The Morgan fingerprint density at radius 3 is 2.65 bits per heavy atom. The van der Waals surface area contributed by atoms with Crippen molar-refractivity contribution in [1.29, 1.82) is 0 Å². The molecule has 0 radical (unpaired) electrons. The standard InChI is InChI=1S/C17H18N2O3S/c1-12(15(20)19-11-13-7-4-3-5-8-13)22-17(21)14-9-6-10-18-16(14)23-2/h3-10,12H,11H2,1-2H3,(H,19,20)/t12-/m1/s1. The van der Waals surface area contributed by atoms with Crippen molar-refractivity contribution in [2.45, 2.75) is 24.6 Å². The van der Waals surface area contributed by atoms with Crippen LogP contribution in [0.4, 0.5) is 0 Å². The number of carbonyl (C=O) groups is 2. The lowest BCUT2D eigenvalue weighted by Gasteiger charge is -2.14. The lowest BCUT2D eigenvalue weighted by molar-refractivity contribution is -0.129. The molecule has 0 aliphatic carbocycles. The Bertz CT molecular complexity index is 677. The van der Waals surface area contributed by atoms with Crippen molar-refractivity contribution < 1.29 is 14.3 Å². The van der Waals surface area contributed by atoms with Crippen LogP contribution in [0.2, 0.25) is 0 Å². The molecule has 5 nitrogen and oxygen atoms in total. The fourth-order valence-electron chi connectivity index (χ4n) is 1.92. The lowest BCUT2D eigenvalue weighted by Crippen LogP contribution is -2.35. The Kier molecular flexibility index (Phi) is 6.17. The maximum Gasteiger partial charge on any atom is 0.341 e. The quantitative estimate of drug-likeness (QED) is 0.651. The number of esters is 1. The SMILES string of the molecule is CSc1ncccc1C(=O)O[C@H](C)C(=O)NCc1ccccc1. The molecular weight excluding hydrogens is 312 g/mol. The van der Waals surface area contributed by atoms with Gasteiger partial charge in [-0.05, 0) is 30.9 Å². The van der Waals surface area contributed by atoms with Gasteiger partial charge in [0, 0.05) is 12.7 Å². The molecule has 0 fully saturated rings. The minimum Gasteiger partial charge on any atom is -0.449 e. The number of benzene rings is 1. The van der Waals surface area contributed by atoms with Gasteiger partial charge >= 0.3 is 5.97 Å². The molecule has 2 rings (SSSR count). The summed E-state index contributed by atoms with van der Waals surface area (Å²) in [6.45, 7) is 1.94. The van der Waals surface area contributed by atoms with E-state index in [4.69, 9.17) is 4.74 Å². The Morgan fingerprint density at radius 2 is 1.96 bits per heavy atom. The summed E-state index contributed by atoms with van der Waals surface area (Å²) in [5.74, 6) is -0.887. The Hall–Kier alpha value is -2.34. The number of thioether (sulfide) groups is 1. The number of hydrogen-bond acceptors (Lipinski definition) is 5. The van der Waals surface area contributed by atoms with Crippen LogP contribution in [0.1, 0.15) is 22.8 Å². The summed E-state index contributed by atoms with van der Waals surface area (Å²) in [5, 5.41) is 3.33. The molecule has 0 saturated heterocycles. The van der Waals surface area contributed by atoms with Crippen LogP contribution >= 0.6 is 11.8 Å². The second-order valence-corrected chi connectivity index (χ2v) is 5.61. The molecule has 120 valence electrons. The summed E-state index contributed by atoms with van der Waals surface area (Å²) in [5.41, 5.74) is 1.35. The molecule has 6 heteroatoms. The van der Waals surface area contributed by atoms with Gasteiger partial charge in [-0.1, -0.05) is 30.3 Å². The predicted molar refractivity (Wildman–Crippen MR) is 89.2 cm³/mol. The van der Waals surface area contributed by atoms with Gasteiger partial charge in [0.1, 0.15) is 5.03 Å². The number of nitrogens with one attached hydrogen (secondary N) is 1. The van der Waals surface area contributed by atoms with Crippen LogP contribution in [-0.4, -0.2) is 29.2 Å². The van der Waals surface area contributed by atoms with Gasteiger partial charge in [0.05, 0.1) is 5.56 Å². The molecule has 1 aromatic heterocycles. The molecule has 0 bridgehead atoms. The number of rotatable bonds is 6. The molecule has 1 amide bonds. The fourth-order valence-corrected chi connectivity index (χ4v) is 2.45. The number of ether oxygens (including phenoxy) is 1. The van der Waals surface area contributed by atoms with E-state index >= 15 is 0 Å². The van der Waals surface area contributed by atoms with Gasteiger partial charge in [0.25, 0.3) is 5.91 Å². The largest absolute Gasteiger partial charge is 0.449 e. The third-order valence-corrected chi connectivity index (χ3v) is 3.86. The third-order valence-electron chi connectivity index (χ3n) is 3.15. The number of carbonyl (C=O) groups excluding carboxylic acids is 2. The van der Waals surface area contributed by atoms with Crippen LogP contribution in [0.3, 0.4) is 0 Å². The number of hydrogen-bond donors (Lipinski definition) is 1. The van der Waals surface area contributed by atoms with Crippen molar-refractivity contribution in [3.8, 4) is 0 Å². The smallest absolute Gasteiger partial charge is 0.341 e. The lowest BCUT2D eigenvalue weighted by atomic mass is 10.2. The zero-order chi connectivity index (χ0) is 16.7. The summed E-state index contributed by atoms with van der Waals surface area (Å²) >= 11 is 1.35. The summed E-state index contributed by atoms with van der Waals surface area (Å²) in [6.07, 6.45) is 2.56. The first kappa shape index (κ1) is 17.0. The van der Waals surface area contributed by atoms with E-state index in [2.05, 4.69) is 10.3 Å². The normalized spacial score (nSPS) is 11.6. The van der Waals surface area contributed by atoms with Gasteiger partial charge in [-0.3, -0.25) is 4.79 Å². The van der Waals surface area contributed by atoms with E-state index in [1.165, 1.54) is 11.8 Å². The third kappa shape index (κ3) is 4.82. The monoisotopic (exact) mass is 330 g/mol. The summed E-state index contributed by atoms with van der Waals surface area (Å²) < 4.78 is 5.22. The van der Waals surface area contributed by atoms with E-state index in [-0.39, 0.29) is 5.91 Å². The first-order valence-corrected chi connectivity index (χ1v) is 8.36. The predicted octanol–water partition coefficient (Wildman–Crippen LogP) is 2.67. The van der Waals surface area contributed by atoms with E-state index < -0.39 is 12.1 Å². The molecule has 1 N–H and O–H groups in total. The number of amides is 1.